The van der Waals surface area contributed by atoms with Crippen molar-refractivity contribution in [2.45, 2.75) is 19.8 Å². The minimum absolute atomic E-state index is 0.507. The molecule has 2 aromatic rings. The van der Waals surface area contributed by atoms with Gasteiger partial charge in [0, 0.05) is 12.3 Å². The maximum absolute atomic E-state index is 8.02. The minimum Gasteiger partial charge on any atom is -0.463 e. The first-order chi connectivity index (χ1) is 11.6. The Hall–Kier alpha value is -2.46. The van der Waals surface area contributed by atoms with Crippen LogP contribution in [0.15, 0.2) is 58.6 Å². The second-order valence-corrected chi connectivity index (χ2v) is 5.91. The quantitative estimate of drug-likeness (QED) is 0.674. The number of para-hydroxylation sites is 1. The van der Waals surface area contributed by atoms with Crippen molar-refractivity contribution >= 4 is 23.2 Å². The summed E-state index contributed by atoms with van der Waals surface area (Å²) in [6, 6.07) is 11.7. The van der Waals surface area contributed by atoms with E-state index in [9.17, 15) is 0 Å². The maximum Gasteiger partial charge on any atom is 0.148 e. The van der Waals surface area contributed by atoms with E-state index in [1.807, 2.05) is 49.5 Å². The normalized spacial score (nSPS) is 11.7. The van der Waals surface area contributed by atoms with Gasteiger partial charge >= 0.3 is 0 Å². The first-order valence-electron chi connectivity index (χ1n) is 8.15. The summed E-state index contributed by atoms with van der Waals surface area (Å²) >= 11 is 0. The van der Waals surface area contributed by atoms with Crippen LogP contribution in [0.25, 0.3) is 6.08 Å². The molecule has 126 valence electrons. The van der Waals surface area contributed by atoms with Gasteiger partial charge in [-0.2, -0.15) is 0 Å². The first-order valence-corrected chi connectivity index (χ1v) is 8.15. The van der Waals surface area contributed by atoms with Crippen molar-refractivity contribution in [3.8, 4) is 0 Å². The van der Waals surface area contributed by atoms with E-state index in [0.717, 1.165) is 36.3 Å². The highest BCUT2D eigenvalue weighted by molar-refractivity contribution is 5.97. The molecule has 0 spiro atoms. The Morgan fingerprint density at radius 1 is 1.29 bits per heavy atom. The average Bonchev–Trinajstić information content (AvgIpc) is 3.10. The Kier molecular flexibility index (Phi) is 6.70. The average molecular weight is 323 g/mol. The monoisotopic (exact) mass is 323 g/mol. The van der Waals surface area contributed by atoms with Crippen LogP contribution in [0.5, 0.6) is 0 Å². The summed E-state index contributed by atoms with van der Waals surface area (Å²) in [5.74, 6) is 0.639. The number of benzene rings is 1. The van der Waals surface area contributed by atoms with E-state index in [2.05, 4.69) is 18.4 Å². The van der Waals surface area contributed by atoms with Crippen molar-refractivity contribution in [3.05, 3.63) is 60.6 Å². The zero-order valence-corrected chi connectivity index (χ0v) is 14.5. The van der Waals surface area contributed by atoms with Gasteiger partial charge < -0.3 is 14.7 Å². The Bertz CT molecular complexity index is 701. The van der Waals surface area contributed by atoms with Crippen LogP contribution in [0.4, 0.5) is 5.69 Å². The third-order valence-corrected chi connectivity index (χ3v) is 3.79. The van der Waals surface area contributed by atoms with E-state index >= 15 is 0 Å². The summed E-state index contributed by atoms with van der Waals surface area (Å²) in [5, 5.41) is 8.02. The number of hydrogen-bond donors (Lipinski definition) is 1. The van der Waals surface area contributed by atoms with Crippen molar-refractivity contribution in [1.82, 2.24) is 4.90 Å². The van der Waals surface area contributed by atoms with Crippen molar-refractivity contribution in [1.29, 1.82) is 5.41 Å². The van der Waals surface area contributed by atoms with E-state index in [1.54, 1.807) is 6.26 Å². The molecule has 0 radical (unpaired) electrons. The SMILES string of the molecule is C=Cc1ccccc1N=C(C)CCCN(C)CC(=N)c1ccco1. The van der Waals surface area contributed by atoms with Gasteiger partial charge in [-0.05, 0) is 57.1 Å². The van der Waals surface area contributed by atoms with Gasteiger partial charge in [0.15, 0.2) is 0 Å². The highest BCUT2D eigenvalue weighted by Crippen LogP contribution is 2.20. The molecule has 0 amide bonds. The van der Waals surface area contributed by atoms with Gasteiger partial charge in [0.2, 0.25) is 0 Å². The molecule has 0 aliphatic heterocycles. The summed E-state index contributed by atoms with van der Waals surface area (Å²) in [6.45, 7) is 7.39. The highest BCUT2D eigenvalue weighted by Gasteiger charge is 2.08. The molecule has 1 N–H and O–H groups in total. The van der Waals surface area contributed by atoms with Crippen molar-refractivity contribution in [2.24, 2.45) is 4.99 Å². The fourth-order valence-electron chi connectivity index (χ4n) is 2.51. The van der Waals surface area contributed by atoms with E-state index in [0.29, 0.717) is 18.0 Å². The molecule has 1 heterocycles. The Labute approximate surface area is 144 Å². The van der Waals surface area contributed by atoms with Crippen LogP contribution in [0, 0.1) is 5.41 Å². The number of rotatable bonds is 9. The zero-order chi connectivity index (χ0) is 17.4. The van der Waals surface area contributed by atoms with Gasteiger partial charge in [0.25, 0.3) is 0 Å². The third-order valence-electron chi connectivity index (χ3n) is 3.79. The standard InChI is InChI=1S/C20H25N3O/c1-4-17-10-5-6-11-19(17)22-16(2)9-7-13-23(3)15-18(21)20-12-8-14-24-20/h4-6,8,10-12,14,21H,1,7,9,13,15H2,2-3H3. The molecule has 0 aliphatic rings. The lowest BCUT2D eigenvalue weighted by atomic mass is 10.1. The molecule has 1 aromatic carbocycles. The smallest absolute Gasteiger partial charge is 0.148 e. The topological polar surface area (TPSA) is 52.6 Å². The number of likely N-dealkylation sites (N-methyl/N-ethyl adjacent to an activating group) is 1. The molecule has 4 heteroatoms. The molecule has 0 atom stereocenters. The lowest BCUT2D eigenvalue weighted by molar-refractivity contribution is 0.374. The summed E-state index contributed by atoms with van der Waals surface area (Å²) in [6.07, 6.45) is 5.38. The predicted molar refractivity (Wildman–Crippen MR) is 102 cm³/mol. The maximum atomic E-state index is 8.02. The summed E-state index contributed by atoms with van der Waals surface area (Å²) < 4.78 is 5.25. The van der Waals surface area contributed by atoms with Crippen molar-refractivity contribution in [2.75, 3.05) is 20.1 Å². The van der Waals surface area contributed by atoms with Gasteiger partial charge in [-0.15, -0.1) is 0 Å². The lowest BCUT2D eigenvalue weighted by Crippen LogP contribution is -2.27. The molecule has 2 rings (SSSR count). The fraction of sp³-hybridized carbons (Fsp3) is 0.300. The van der Waals surface area contributed by atoms with E-state index in [1.165, 1.54) is 0 Å². The van der Waals surface area contributed by atoms with Crippen molar-refractivity contribution in [3.63, 3.8) is 0 Å². The largest absolute Gasteiger partial charge is 0.463 e. The Morgan fingerprint density at radius 2 is 2.08 bits per heavy atom. The van der Waals surface area contributed by atoms with Gasteiger partial charge in [-0.3, -0.25) is 4.99 Å². The van der Waals surface area contributed by atoms with Crippen molar-refractivity contribution < 1.29 is 4.42 Å². The molecular weight excluding hydrogens is 298 g/mol. The molecule has 0 saturated carbocycles. The summed E-state index contributed by atoms with van der Waals surface area (Å²) in [5.41, 5.74) is 3.64. The second kappa shape index (κ2) is 8.99. The Morgan fingerprint density at radius 3 is 2.79 bits per heavy atom. The minimum atomic E-state index is 0.507. The van der Waals surface area contributed by atoms with Gasteiger partial charge in [-0.1, -0.05) is 30.9 Å². The molecule has 0 saturated heterocycles. The van der Waals surface area contributed by atoms with Crippen LogP contribution in [0.3, 0.4) is 0 Å². The van der Waals surface area contributed by atoms with Crippen LogP contribution >= 0.6 is 0 Å². The number of nitrogens with one attached hydrogen (secondary N) is 1. The molecule has 0 fully saturated rings. The molecule has 24 heavy (non-hydrogen) atoms. The Balaban J connectivity index is 1.79. The first kappa shape index (κ1) is 17.9. The van der Waals surface area contributed by atoms with E-state index in [-0.39, 0.29) is 0 Å². The van der Waals surface area contributed by atoms with E-state index in [4.69, 9.17) is 14.8 Å². The van der Waals surface area contributed by atoms with Crippen LogP contribution < -0.4 is 0 Å². The van der Waals surface area contributed by atoms with Gasteiger partial charge in [0.1, 0.15) is 5.76 Å². The second-order valence-electron chi connectivity index (χ2n) is 5.91. The molecule has 1 aromatic heterocycles. The summed E-state index contributed by atoms with van der Waals surface area (Å²) in [7, 11) is 2.02. The molecule has 0 bridgehead atoms. The zero-order valence-electron chi connectivity index (χ0n) is 14.5. The van der Waals surface area contributed by atoms with Crippen LogP contribution in [-0.2, 0) is 0 Å². The van der Waals surface area contributed by atoms with Crippen LogP contribution in [-0.4, -0.2) is 36.5 Å². The molecule has 4 nitrogen and oxygen atoms in total. The van der Waals surface area contributed by atoms with Gasteiger partial charge in [-0.25, -0.2) is 0 Å². The third kappa shape index (κ3) is 5.32. The lowest BCUT2D eigenvalue weighted by Gasteiger charge is -2.16. The summed E-state index contributed by atoms with van der Waals surface area (Å²) in [4.78, 5) is 6.83. The number of aliphatic imine (C=N–C) groups is 1. The molecule has 0 unspecified atom stereocenters. The van der Waals surface area contributed by atoms with Crippen LogP contribution in [0.2, 0.25) is 0 Å². The number of nitrogens with zero attached hydrogens (tertiary/aromatic N) is 2. The van der Waals surface area contributed by atoms with Gasteiger partial charge in [0.05, 0.1) is 17.7 Å². The molecule has 0 aliphatic carbocycles. The molecular formula is C20H25N3O. The highest BCUT2D eigenvalue weighted by atomic mass is 16.3. The predicted octanol–water partition coefficient (Wildman–Crippen LogP) is 4.80. The number of hydrogen-bond acceptors (Lipinski definition) is 4. The van der Waals surface area contributed by atoms with E-state index < -0.39 is 0 Å². The van der Waals surface area contributed by atoms with Crippen LogP contribution in [0.1, 0.15) is 31.1 Å². The fourth-order valence-corrected chi connectivity index (χ4v) is 2.51. The number of furan rings is 1.